The molecular weight excluding hydrogens is 255 g/mol. The lowest BCUT2D eigenvalue weighted by Crippen LogP contribution is -2.37. The summed E-state index contributed by atoms with van der Waals surface area (Å²) in [5.74, 6) is -4.46. The van der Waals surface area contributed by atoms with E-state index in [0.717, 1.165) is 6.07 Å². The number of benzene rings is 1. The summed E-state index contributed by atoms with van der Waals surface area (Å²) in [5.41, 5.74) is 0.439. The topological polar surface area (TPSA) is 20.3 Å². The monoisotopic (exact) mass is 263 g/mol. The molecule has 0 saturated heterocycles. The van der Waals surface area contributed by atoms with Gasteiger partial charge in [-0.25, -0.2) is 13.2 Å². The van der Waals surface area contributed by atoms with Crippen LogP contribution in [0.2, 0.25) is 0 Å². The van der Waals surface area contributed by atoms with Gasteiger partial charge in [-0.15, -0.1) is 11.6 Å². The summed E-state index contributed by atoms with van der Waals surface area (Å²) < 4.78 is 39.5. The second kappa shape index (κ2) is 4.56. The van der Waals surface area contributed by atoms with Crippen LogP contribution in [0.25, 0.3) is 0 Å². The van der Waals surface area contributed by atoms with Crippen LogP contribution in [0.1, 0.15) is 11.1 Å². The fraction of sp³-hybridized carbons (Fsp3) is 0.364. The molecule has 1 aliphatic rings. The average molecular weight is 264 g/mol. The molecule has 1 heterocycles. The molecule has 1 aromatic rings. The second-order valence-electron chi connectivity index (χ2n) is 3.82. The smallest absolute Gasteiger partial charge is 0.237 e. The molecule has 0 aliphatic carbocycles. The van der Waals surface area contributed by atoms with E-state index in [1.807, 2.05) is 0 Å². The number of carbonyl (C=O) groups excluding carboxylic acids is 1. The number of hydrogen-bond acceptors (Lipinski definition) is 1. The van der Waals surface area contributed by atoms with Crippen molar-refractivity contribution in [1.29, 1.82) is 0 Å². The summed E-state index contributed by atoms with van der Waals surface area (Å²) in [6.07, 6.45) is 0.298. The molecule has 2 rings (SSSR count). The van der Waals surface area contributed by atoms with Gasteiger partial charge >= 0.3 is 0 Å². The van der Waals surface area contributed by atoms with Crippen LogP contribution in [0.15, 0.2) is 6.07 Å². The zero-order valence-corrected chi connectivity index (χ0v) is 9.53. The molecule has 1 aromatic carbocycles. The molecule has 0 fully saturated rings. The Kier molecular flexibility index (Phi) is 3.28. The number of rotatable bonds is 1. The van der Waals surface area contributed by atoms with Crippen molar-refractivity contribution in [2.24, 2.45) is 0 Å². The summed E-state index contributed by atoms with van der Waals surface area (Å²) in [6.45, 7) is 0.271. The SMILES string of the molecule is O=C(CCl)N1CCc2cc(F)c(F)c(F)c2C1. The van der Waals surface area contributed by atoms with Crippen molar-refractivity contribution in [3.05, 3.63) is 34.6 Å². The van der Waals surface area contributed by atoms with E-state index < -0.39 is 17.5 Å². The van der Waals surface area contributed by atoms with Gasteiger partial charge in [-0.2, -0.15) is 0 Å². The van der Waals surface area contributed by atoms with Gasteiger partial charge in [0, 0.05) is 18.7 Å². The third kappa shape index (κ3) is 2.11. The minimum absolute atomic E-state index is 0.0358. The fourth-order valence-corrected chi connectivity index (χ4v) is 2.07. The minimum atomic E-state index is -1.50. The first kappa shape index (κ1) is 12.2. The molecule has 0 saturated carbocycles. The Morgan fingerprint density at radius 3 is 2.71 bits per heavy atom. The van der Waals surface area contributed by atoms with Gasteiger partial charge in [0.2, 0.25) is 5.91 Å². The highest BCUT2D eigenvalue weighted by atomic mass is 35.5. The van der Waals surface area contributed by atoms with Crippen LogP contribution in [-0.4, -0.2) is 23.2 Å². The van der Waals surface area contributed by atoms with Gasteiger partial charge in [0.25, 0.3) is 0 Å². The highest BCUT2D eigenvalue weighted by Crippen LogP contribution is 2.25. The zero-order chi connectivity index (χ0) is 12.6. The van der Waals surface area contributed by atoms with E-state index in [9.17, 15) is 18.0 Å². The Morgan fingerprint density at radius 2 is 2.06 bits per heavy atom. The fourth-order valence-electron chi connectivity index (χ4n) is 1.90. The number of hydrogen-bond donors (Lipinski definition) is 0. The predicted octanol–water partition coefficient (Wildman–Crippen LogP) is 2.23. The third-order valence-corrected chi connectivity index (χ3v) is 3.05. The lowest BCUT2D eigenvalue weighted by atomic mass is 9.98. The number of alkyl halides is 1. The molecule has 0 radical (unpaired) electrons. The van der Waals surface area contributed by atoms with E-state index in [1.165, 1.54) is 4.90 Å². The lowest BCUT2D eigenvalue weighted by molar-refractivity contribution is -0.129. The molecule has 0 aromatic heterocycles. The van der Waals surface area contributed by atoms with Crippen LogP contribution in [0, 0.1) is 17.5 Å². The van der Waals surface area contributed by atoms with Crippen molar-refractivity contribution in [3.8, 4) is 0 Å². The van der Waals surface area contributed by atoms with Gasteiger partial charge in [0.15, 0.2) is 17.5 Å². The maximum absolute atomic E-state index is 13.5. The first-order valence-electron chi connectivity index (χ1n) is 5.03. The number of nitrogens with zero attached hydrogens (tertiary/aromatic N) is 1. The van der Waals surface area contributed by atoms with E-state index in [0.29, 0.717) is 18.5 Å². The molecule has 1 aliphatic heterocycles. The molecule has 0 bridgehead atoms. The van der Waals surface area contributed by atoms with Crippen molar-refractivity contribution in [2.75, 3.05) is 12.4 Å². The maximum Gasteiger partial charge on any atom is 0.237 e. The van der Waals surface area contributed by atoms with Gasteiger partial charge in [0.1, 0.15) is 5.88 Å². The molecule has 1 amide bonds. The van der Waals surface area contributed by atoms with Crippen molar-refractivity contribution < 1.29 is 18.0 Å². The summed E-state index contributed by atoms with van der Waals surface area (Å²) in [4.78, 5) is 12.7. The largest absolute Gasteiger partial charge is 0.337 e. The van der Waals surface area contributed by atoms with Crippen LogP contribution >= 0.6 is 11.6 Å². The highest BCUT2D eigenvalue weighted by molar-refractivity contribution is 6.27. The van der Waals surface area contributed by atoms with E-state index in [4.69, 9.17) is 11.6 Å². The standard InChI is InChI=1S/C11H9ClF3NO/c12-4-9(17)16-2-1-6-3-8(13)11(15)10(14)7(6)5-16/h3H,1-2,4-5H2. The molecule has 6 heteroatoms. The lowest BCUT2D eigenvalue weighted by Gasteiger charge is -2.28. The van der Waals surface area contributed by atoms with Gasteiger partial charge in [-0.3, -0.25) is 4.79 Å². The molecule has 17 heavy (non-hydrogen) atoms. The van der Waals surface area contributed by atoms with Crippen LogP contribution in [0.3, 0.4) is 0 Å². The number of amides is 1. The van der Waals surface area contributed by atoms with E-state index in [-0.39, 0.29) is 23.9 Å². The van der Waals surface area contributed by atoms with Crippen LogP contribution < -0.4 is 0 Å². The predicted molar refractivity (Wildman–Crippen MR) is 56.2 cm³/mol. The van der Waals surface area contributed by atoms with Gasteiger partial charge in [0.05, 0.1) is 0 Å². The van der Waals surface area contributed by atoms with E-state index >= 15 is 0 Å². The second-order valence-corrected chi connectivity index (χ2v) is 4.09. The molecule has 92 valence electrons. The molecule has 0 spiro atoms. The van der Waals surface area contributed by atoms with Crippen LogP contribution in [0.5, 0.6) is 0 Å². The Labute approximate surface area is 101 Å². The molecule has 0 N–H and O–H groups in total. The Balaban J connectivity index is 2.38. The minimum Gasteiger partial charge on any atom is -0.337 e. The quantitative estimate of drug-likeness (QED) is 0.562. The van der Waals surface area contributed by atoms with E-state index in [2.05, 4.69) is 0 Å². The third-order valence-electron chi connectivity index (χ3n) is 2.82. The van der Waals surface area contributed by atoms with Gasteiger partial charge in [-0.05, 0) is 18.1 Å². The van der Waals surface area contributed by atoms with Crippen molar-refractivity contribution in [2.45, 2.75) is 13.0 Å². The highest BCUT2D eigenvalue weighted by Gasteiger charge is 2.26. The normalized spacial score (nSPS) is 14.7. The Bertz CT molecular complexity index is 478. The van der Waals surface area contributed by atoms with Crippen LogP contribution in [-0.2, 0) is 17.8 Å². The van der Waals surface area contributed by atoms with E-state index in [1.54, 1.807) is 0 Å². The van der Waals surface area contributed by atoms with Crippen molar-refractivity contribution in [1.82, 2.24) is 4.90 Å². The van der Waals surface area contributed by atoms with Gasteiger partial charge < -0.3 is 4.90 Å². The summed E-state index contributed by atoms with van der Waals surface area (Å²) >= 11 is 5.39. The summed E-state index contributed by atoms with van der Waals surface area (Å²) in [5, 5.41) is 0. The maximum atomic E-state index is 13.5. The first-order valence-corrected chi connectivity index (χ1v) is 5.57. The Hall–Kier alpha value is -1.23. The number of carbonyl (C=O) groups is 1. The van der Waals surface area contributed by atoms with Crippen molar-refractivity contribution in [3.63, 3.8) is 0 Å². The van der Waals surface area contributed by atoms with Crippen molar-refractivity contribution >= 4 is 17.5 Å². The molecule has 0 unspecified atom stereocenters. The Morgan fingerprint density at radius 1 is 1.35 bits per heavy atom. The average Bonchev–Trinajstić information content (AvgIpc) is 2.35. The summed E-state index contributed by atoms with van der Waals surface area (Å²) in [6, 6.07) is 0.982. The van der Waals surface area contributed by atoms with Crippen LogP contribution in [0.4, 0.5) is 13.2 Å². The van der Waals surface area contributed by atoms with Gasteiger partial charge in [-0.1, -0.05) is 0 Å². The molecule has 0 atom stereocenters. The molecular formula is C11H9ClF3NO. The number of fused-ring (bicyclic) bond motifs is 1. The first-order chi connectivity index (χ1) is 8.04. The zero-order valence-electron chi connectivity index (χ0n) is 8.77. The number of halogens is 4. The molecule has 2 nitrogen and oxygen atoms in total. The summed E-state index contributed by atoms with van der Waals surface area (Å²) in [7, 11) is 0.